The SMILES string of the molecule is CCOC(=O)C[C@@H]1CS[C@@H](c2ccccc2)[C@]1(C#N)C(=O)c1c[nH]c2ccc(Cl)cc12. The minimum Gasteiger partial charge on any atom is -0.466 e. The number of nitriles is 1. The zero-order valence-electron chi connectivity index (χ0n) is 16.9. The molecule has 0 bridgehead atoms. The number of rotatable bonds is 6. The highest BCUT2D eigenvalue weighted by Crippen LogP contribution is 2.59. The normalized spacial score (nSPS) is 22.9. The van der Waals surface area contributed by atoms with Gasteiger partial charge in [-0.15, -0.1) is 0 Å². The molecular formula is C24H21ClN2O3S. The number of aromatic amines is 1. The second kappa shape index (κ2) is 8.78. The smallest absolute Gasteiger partial charge is 0.306 e. The summed E-state index contributed by atoms with van der Waals surface area (Å²) in [6, 6.07) is 17.2. The number of thioether (sulfide) groups is 1. The van der Waals surface area contributed by atoms with Gasteiger partial charge in [-0.3, -0.25) is 9.59 Å². The van der Waals surface area contributed by atoms with Gasteiger partial charge in [0, 0.05) is 33.6 Å². The first-order valence-electron chi connectivity index (χ1n) is 10.1. The molecule has 3 aromatic rings. The third-order valence-corrected chi connectivity index (χ3v) is 7.60. The van der Waals surface area contributed by atoms with E-state index in [2.05, 4.69) is 11.1 Å². The molecule has 4 rings (SSSR count). The maximum absolute atomic E-state index is 14.1. The van der Waals surface area contributed by atoms with Crippen LogP contribution in [0.2, 0.25) is 5.02 Å². The van der Waals surface area contributed by atoms with Crippen LogP contribution in [0, 0.1) is 22.7 Å². The summed E-state index contributed by atoms with van der Waals surface area (Å²) >= 11 is 7.72. The lowest BCUT2D eigenvalue weighted by molar-refractivity contribution is -0.144. The Morgan fingerprint density at radius 1 is 1.29 bits per heavy atom. The molecule has 0 amide bonds. The summed E-state index contributed by atoms with van der Waals surface area (Å²) < 4.78 is 5.15. The molecule has 0 saturated carbocycles. The molecule has 158 valence electrons. The Kier molecular flexibility index (Phi) is 6.08. The predicted molar refractivity (Wildman–Crippen MR) is 122 cm³/mol. The van der Waals surface area contributed by atoms with E-state index in [-0.39, 0.29) is 18.8 Å². The van der Waals surface area contributed by atoms with Gasteiger partial charge >= 0.3 is 5.97 Å². The van der Waals surface area contributed by atoms with Crippen LogP contribution < -0.4 is 0 Å². The molecule has 1 aliphatic heterocycles. The summed E-state index contributed by atoms with van der Waals surface area (Å²) in [7, 11) is 0. The lowest BCUT2D eigenvalue weighted by Crippen LogP contribution is -2.39. The van der Waals surface area contributed by atoms with E-state index in [0.717, 1.165) is 11.1 Å². The number of hydrogen-bond donors (Lipinski definition) is 1. The average molecular weight is 453 g/mol. The number of ether oxygens (including phenoxy) is 1. The van der Waals surface area contributed by atoms with E-state index in [0.29, 0.717) is 21.7 Å². The lowest BCUT2D eigenvalue weighted by Gasteiger charge is -2.31. The van der Waals surface area contributed by atoms with Crippen LogP contribution >= 0.6 is 23.4 Å². The summed E-state index contributed by atoms with van der Waals surface area (Å²) in [5.74, 6) is -0.642. The standard InChI is InChI=1S/C24H21ClN2O3S/c1-2-30-21(28)10-16-13-31-23(15-6-4-3-5-7-15)24(16,14-26)22(29)19-12-27-20-9-8-17(25)11-18(19)20/h3-9,11-12,16,23,27H,2,10,13H2,1H3/t16-,23+,24+/m1/s1. The van der Waals surface area contributed by atoms with Crippen molar-refractivity contribution in [2.45, 2.75) is 18.6 Å². The van der Waals surface area contributed by atoms with E-state index >= 15 is 0 Å². The van der Waals surface area contributed by atoms with Gasteiger partial charge in [-0.1, -0.05) is 41.9 Å². The Hall–Kier alpha value is -2.75. The van der Waals surface area contributed by atoms with Gasteiger partial charge in [0.2, 0.25) is 0 Å². The Labute approximate surface area is 189 Å². The fourth-order valence-corrected chi connectivity index (χ4v) is 6.27. The van der Waals surface area contributed by atoms with Gasteiger partial charge in [0.1, 0.15) is 5.41 Å². The van der Waals surface area contributed by atoms with Gasteiger partial charge < -0.3 is 9.72 Å². The average Bonchev–Trinajstić information content (AvgIpc) is 3.35. The number of nitrogens with one attached hydrogen (secondary N) is 1. The number of hydrogen-bond acceptors (Lipinski definition) is 5. The molecule has 0 spiro atoms. The fourth-order valence-electron chi connectivity index (χ4n) is 4.33. The van der Waals surface area contributed by atoms with Crippen molar-refractivity contribution < 1.29 is 14.3 Å². The van der Waals surface area contributed by atoms with E-state index in [4.69, 9.17) is 16.3 Å². The first kappa shape index (κ1) is 21.5. The van der Waals surface area contributed by atoms with Crippen molar-refractivity contribution in [1.29, 1.82) is 5.26 Å². The van der Waals surface area contributed by atoms with Crippen molar-refractivity contribution in [2.24, 2.45) is 11.3 Å². The summed E-state index contributed by atoms with van der Waals surface area (Å²) in [6.45, 7) is 2.00. The van der Waals surface area contributed by atoms with Gasteiger partial charge in [-0.25, -0.2) is 0 Å². The maximum atomic E-state index is 14.1. The number of fused-ring (bicyclic) bond motifs is 1. The predicted octanol–water partition coefficient (Wildman–Crippen LogP) is 5.57. The molecule has 1 fully saturated rings. The number of halogens is 1. The van der Waals surface area contributed by atoms with Crippen molar-refractivity contribution in [3.8, 4) is 6.07 Å². The van der Waals surface area contributed by atoms with Crippen LogP contribution in [0.4, 0.5) is 0 Å². The van der Waals surface area contributed by atoms with Gasteiger partial charge in [0.25, 0.3) is 0 Å². The molecular weight excluding hydrogens is 432 g/mol. The second-order valence-corrected chi connectivity index (χ2v) is 9.11. The third kappa shape index (κ3) is 3.73. The third-order valence-electron chi connectivity index (χ3n) is 5.79. The van der Waals surface area contributed by atoms with E-state index in [1.807, 2.05) is 36.4 Å². The van der Waals surface area contributed by atoms with E-state index in [1.165, 1.54) is 0 Å². The molecule has 3 atom stereocenters. The number of H-pyrrole nitrogens is 1. The zero-order chi connectivity index (χ0) is 22.0. The number of benzene rings is 2. The van der Waals surface area contributed by atoms with Crippen LogP contribution in [0.25, 0.3) is 10.9 Å². The zero-order valence-corrected chi connectivity index (χ0v) is 18.5. The second-order valence-electron chi connectivity index (χ2n) is 7.53. The largest absolute Gasteiger partial charge is 0.466 e. The molecule has 0 unspecified atom stereocenters. The molecule has 2 aromatic carbocycles. The Morgan fingerprint density at radius 3 is 2.77 bits per heavy atom. The molecule has 0 radical (unpaired) electrons. The van der Waals surface area contributed by atoms with Gasteiger partial charge in [-0.2, -0.15) is 17.0 Å². The van der Waals surface area contributed by atoms with Crippen molar-refractivity contribution in [1.82, 2.24) is 4.98 Å². The summed E-state index contributed by atoms with van der Waals surface area (Å²) in [6.07, 6.45) is 1.65. The molecule has 2 heterocycles. The van der Waals surface area contributed by atoms with Gasteiger partial charge in [-0.05, 0) is 36.4 Å². The molecule has 1 aliphatic rings. The van der Waals surface area contributed by atoms with Crippen molar-refractivity contribution >= 4 is 46.0 Å². The number of nitrogens with zero attached hydrogens (tertiary/aromatic N) is 1. The number of aromatic nitrogens is 1. The highest BCUT2D eigenvalue weighted by molar-refractivity contribution is 7.99. The van der Waals surface area contributed by atoms with Gasteiger partial charge in [0.15, 0.2) is 5.78 Å². The summed E-state index contributed by atoms with van der Waals surface area (Å²) in [5, 5.41) is 11.3. The highest BCUT2D eigenvalue weighted by atomic mass is 35.5. The quantitative estimate of drug-likeness (QED) is 0.390. The van der Waals surface area contributed by atoms with Crippen LogP contribution in [-0.2, 0) is 9.53 Å². The number of esters is 1. The minimum atomic E-state index is -1.41. The number of ketones is 1. The van der Waals surface area contributed by atoms with Crippen LogP contribution in [0.5, 0.6) is 0 Å². The Bertz CT molecular complexity index is 1170. The van der Waals surface area contributed by atoms with E-state index in [9.17, 15) is 14.9 Å². The van der Waals surface area contributed by atoms with Crippen LogP contribution in [0.3, 0.4) is 0 Å². The lowest BCUT2D eigenvalue weighted by atomic mass is 9.67. The van der Waals surface area contributed by atoms with E-state index < -0.39 is 22.6 Å². The molecule has 0 aliphatic carbocycles. The molecule has 1 aromatic heterocycles. The number of carbonyl (C=O) groups is 2. The molecule has 5 nitrogen and oxygen atoms in total. The van der Waals surface area contributed by atoms with Gasteiger partial charge in [0.05, 0.1) is 24.3 Å². The first-order chi connectivity index (χ1) is 15.0. The summed E-state index contributed by atoms with van der Waals surface area (Å²) in [5.41, 5.74) is 0.670. The monoisotopic (exact) mass is 452 g/mol. The van der Waals surface area contributed by atoms with E-state index in [1.54, 1.807) is 37.0 Å². The Morgan fingerprint density at radius 2 is 2.06 bits per heavy atom. The summed E-state index contributed by atoms with van der Waals surface area (Å²) in [4.78, 5) is 29.5. The van der Waals surface area contributed by atoms with Crippen LogP contribution in [0.1, 0.15) is 34.5 Å². The Balaban J connectivity index is 1.84. The highest BCUT2D eigenvalue weighted by Gasteiger charge is 2.58. The topological polar surface area (TPSA) is 82.9 Å². The molecule has 1 saturated heterocycles. The molecule has 1 N–H and O–H groups in total. The van der Waals surface area contributed by atoms with Crippen molar-refractivity contribution in [3.63, 3.8) is 0 Å². The minimum absolute atomic E-state index is 0.0204. The molecule has 31 heavy (non-hydrogen) atoms. The van der Waals surface area contributed by atoms with Crippen LogP contribution in [-0.4, -0.2) is 29.1 Å². The fraction of sp³-hybridized carbons (Fsp3) is 0.292. The number of carbonyl (C=O) groups excluding carboxylic acids is 2. The first-order valence-corrected chi connectivity index (χ1v) is 11.5. The number of Topliss-reactive ketones (excluding diaryl/α,β-unsaturated/α-hetero) is 1. The van der Waals surface area contributed by atoms with Crippen molar-refractivity contribution in [2.75, 3.05) is 12.4 Å². The maximum Gasteiger partial charge on any atom is 0.306 e. The van der Waals surface area contributed by atoms with Crippen molar-refractivity contribution in [3.05, 3.63) is 70.9 Å². The molecule has 7 heteroatoms. The van der Waals surface area contributed by atoms with Crippen LogP contribution in [0.15, 0.2) is 54.7 Å².